The molecule has 1 atom stereocenters. The van der Waals surface area contributed by atoms with Gasteiger partial charge in [-0.05, 0) is 61.6 Å². The number of nitrogens with one attached hydrogen (secondary N) is 2. The summed E-state index contributed by atoms with van der Waals surface area (Å²) in [5, 5.41) is 14.8. The number of hydrogen-bond donors (Lipinski definition) is 2. The first-order chi connectivity index (χ1) is 28.6. The summed E-state index contributed by atoms with van der Waals surface area (Å²) in [6, 6.07) is 12.2. The number of benzene rings is 2. The predicted octanol–water partition coefficient (Wildman–Crippen LogP) is 4.80. The number of hydrogen-bond acceptors (Lipinski definition) is 11. The van der Waals surface area contributed by atoms with E-state index in [0.717, 1.165) is 56.2 Å². The summed E-state index contributed by atoms with van der Waals surface area (Å²) >= 11 is 6.23. The maximum Gasteiger partial charge on any atom is 0.262 e. The van der Waals surface area contributed by atoms with Crippen LogP contribution in [-0.4, -0.2) is 108 Å². The molecule has 5 heterocycles. The zero-order chi connectivity index (χ0) is 42.7. The van der Waals surface area contributed by atoms with Crippen LogP contribution in [0, 0.1) is 33.9 Å². The number of fused-ring (bicyclic) bond motifs is 1. The molecule has 2 N–H and O–H groups in total. The molecule has 14 nitrogen and oxygen atoms in total. The molecule has 8 rings (SSSR count). The number of carbonyl (C=O) groups is 5. The van der Waals surface area contributed by atoms with Crippen LogP contribution in [0.5, 0.6) is 5.75 Å². The van der Waals surface area contributed by atoms with Crippen molar-refractivity contribution in [3.8, 4) is 11.8 Å². The van der Waals surface area contributed by atoms with Gasteiger partial charge in [-0.3, -0.25) is 39.1 Å². The van der Waals surface area contributed by atoms with Crippen LogP contribution in [0.3, 0.4) is 0 Å². The van der Waals surface area contributed by atoms with Gasteiger partial charge in [0.25, 0.3) is 17.7 Å². The lowest BCUT2D eigenvalue weighted by Gasteiger charge is -2.63. The van der Waals surface area contributed by atoms with Crippen LogP contribution in [-0.2, 0) is 9.59 Å². The Morgan fingerprint density at radius 2 is 1.63 bits per heavy atom. The molecule has 5 amide bonds. The minimum atomic E-state index is -0.998. The molecule has 1 aliphatic carbocycles. The van der Waals surface area contributed by atoms with E-state index < -0.39 is 52.2 Å². The Labute approximate surface area is 353 Å². The third kappa shape index (κ3) is 7.44. The van der Waals surface area contributed by atoms with Gasteiger partial charge >= 0.3 is 0 Å². The summed E-state index contributed by atoms with van der Waals surface area (Å²) in [5.74, 6) is -1.80. The molecule has 314 valence electrons. The molecule has 4 aliphatic heterocycles. The summed E-state index contributed by atoms with van der Waals surface area (Å²) in [4.78, 5) is 75.9. The number of carbonyl (C=O) groups excluding carboxylic acids is 5. The molecular weight excluding hydrogens is 791 g/mol. The van der Waals surface area contributed by atoms with E-state index in [0.29, 0.717) is 35.3 Å². The molecule has 5 aliphatic rings. The average Bonchev–Trinajstić information content (AvgIpc) is 3.47. The lowest BCUT2D eigenvalue weighted by atomic mass is 9.49. The van der Waals surface area contributed by atoms with E-state index >= 15 is 4.39 Å². The molecule has 60 heavy (non-hydrogen) atoms. The van der Waals surface area contributed by atoms with E-state index in [-0.39, 0.29) is 47.5 Å². The Balaban J connectivity index is 0.805. The lowest BCUT2D eigenvalue weighted by molar-refractivity contribution is -0.164. The normalized spacial score (nSPS) is 24.1. The van der Waals surface area contributed by atoms with Crippen LogP contribution in [0.25, 0.3) is 0 Å². The highest BCUT2D eigenvalue weighted by Crippen LogP contribution is 2.55. The van der Waals surface area contributed by atoms with Crippen molar-refractivity contribution in [3.63, 3.8) is 0 Å². The quantitative estimate of drug-likeness (QED) is 0.284. The maximum absolute atomic E-state index is 15.6. The van der Waals surface area contributed by atoms with Crippen LogP contribution in [0.2, 0.25) is 5.02 Å². The van der Waals surface area contributed by atoms with E-state index in [4.69, 9.17) is 16.3 Å². The van der Waals surface area contributed by atoms with Gasteiger partial charge in [-0.15, -0.1) is 0 Å². The molecule has 1 aromatic heterocycles. The topological polar surface area (TPSA) is 168 Å². The number of imide groups is 2. The number of rotatable bonds is 9. The van der Waals surface area contributed by atoms with Crippen LogP contribution in [0.1, 0.15) is 90.0 Å². The van der Waals surface area contributed by atoms with Crippen LogP contribution >= 0.6 is 11.6 Å². The number of aromatic nitrogens is 1. The van der Waals surface area contributed by atoms with Crippen molar-refractivity contribution < 1.29 is 33.1 Å². The summed E-state index contributed by atoms with van der Waals surface area (Å²) < 4.78 is 21.9. The molecule has 3 aromatic rings. The number of piperidine rings is 2. The maximum atomic E-state index is 15.6. The van der Waals surface area contributed by atoms with Crippen molar-refractivity contribution in [2.24, 2.45) is 16.7 Å². The summed E-state index contributed by atoms with van der Waals surface area (Å²) in [6.07, 6.45) is 3.10. The number of anilines is 2. The van der Waals surface area contributed by atoms with Crippen molar-refractivity contribution in [2.75, 3.05) is 55.6 Å². The van der Waals surface area contributed by atoms with Crippen molar-refractivity contribution in [1.29, 1.82) is 5.26 Å². The van der Waals surface area contributed by atoms with E-state index in [1.807, 2.05) is 44.7 Å². The Morgan fingerprint density at radius 1 is 0.933 bits per heavy atom. The first kappa shape index (κ1) is 41.2. The second-order valence-corrected chi connectivity index (χ2v) is 18.1. The van der Waals surface area contributed by atoms with Crippen molar-refractivity contribution >= 4 is 52.6 Å². The van der Waals surface area contributed by atoms with Gasteiger partial charge in [0.05, 0.1) is 27.3 Å². The Hall–Kier alpha value is -5.59. The fourth-order valence-corrected chi connectivity index (χ4v) is 10.3. The molecule has 3 saturated heterocycles. The molecular formula is C44H48ClFN8O6. The number of nitriles is 1. The van der Waals surface area contributed by atoms with E-state index in [1.54, 1.807) is 30.3 Å². The summed E-state index contributed by atoms with van der Waals surface area (Å²) in [7, 11) is 0. The van der Waals surface area contributed by atoms with Crippen molar-refractivity contribution in [3.05, 3.63) is 81.8 Å². The molecule has 0 radical (unpaired) electrons. The van der Waals surface area contributed by atoms with Gasteiger partial charge in [-0.1, -0.05) is 39.3 Å². The van der Waals surface area contributed by atoms with Crippen molar-refractivity contribution in [2.45, 2.75) is 71.6 Å². The highest BCUT2D eigenvalue weighted by Gasteiger charge is 2.64. The highest BCUT2D eigenvalue weighted by molar-refractivity contribution is 6.31. The third-order valence-electron chi connectivity index (χ3n) is 13.1. The second-order valence-electron chi connectivity index (χ2n) is 17.7. The molecule has 1 saturated carbocycles. The highest BCUT2D eigenvalue weighted by atomic mass is 35.5. The summed E-state index contributed by atoms with van der Waals surface area (Å²) in [6.45, 7) is 13.4. The van der Waals surface area contributed by atoms with Crippen LogP contribution < -0.4 is 25.2 Å². The van der Waals surface area contributed by atoms with E-state index in [9.17, 15) is 29.2 Å². The van der Waals surface area contributed by atoms with Gasteiger partial charge < -0.3 is 19.9 Å². The van der Waals surface area contributed by atoms with Gasteiger partial charge in [0.15, 0.2) is 11.6 Å². The Bertz CT molecular complexity index is 2300. The molecule has 2 aromatic carbocycles. The second kappa shape index (κ2) is 15.8. The third-order valence-corrected chi connectivity index (χ3v) is 13.4. The number of pyridine rings is 1. The number of nitrogens with zero attached hydrogens (tertiary/aromatic N) is 6. The standard InChI is InChI=1S/C44H48ClFN8O6/c1-43(2)41(44(3,4)42(43)60-29-7-5-26(22-47)32(45)21-29)50-37(56)27-19-33(46)36(48-23-27)53-13-11-25(12-14-53)24-51-15-17-52(18-16-51)28-6-8-30-31(20-28)40(59)54(39(30)58)34-9-10-35(55)49-38(34)57/h5-8,19-21,23,25,34,41-42H,9-18,24H2,1-4H3,(H,50,56)(H,49,55,57). The zero-order valence-corrected chi connectivity index (χ0v) is 34.9. The average molecular weight is 839 g/mol. The molecule has 0 spiro atoms. The largest absolute Gasteiger partial charge is 0.489 e. The molecule has 0 bridgehead atoms. The Morgan fingerprint density at radius 3 is 2.28 bits per heavy atom. The zero-order valence-electron chi connectivity index (χ0n) is 34.1. The van der Waals surface area contributed by atoms with Gasteiger partial charge in [0.2, 0.25) is 11.8 Å². The van der Waals surface area contributed by atoms with Crippen LogP contribution in [0.4, 0.5) is 15.9 Å². The number of amides is 5. The number of halogens is 2. The van der Waals surface area contributed by atoms with Crippen LogP contribution in [0.15, 0.2) is 48.7 Å². The summed E-state index contributed by atoms with van der Waals surface area (Å²) in [5.41, 5.74) is 0.947. The molecule has 16 heteroatoms. The smallest absolute Gasteiger partial charge is 0.262 e. The Kier molecular flexibility index (Phi) is 10.8. The monoisotopic (exact) mass is 838 g/mol. The fraction of sp³-hybridized carbons (Fsp3) is 0.477. The molecule has 1 unspecified atom stereocenters. The predicted molar refractivity (Wildman–Crippen MR) is 220 cm³/mol. The molecule has 4 fully saturated rings. The lowest BCUT2D eigenvalue weighted by Crippen LogP contribution is -2.74. The minimum absolute atomic E-state index is 0.0721. The minimum Gasteiger partial charge on any atom is -0.489 e. The van der Waals surface area contributed by atoms with Gasteiger partial charge in [0.1, 0.15) is 24.0 Å². The van der Waals surface area contributed by atoms with Gasteiger partial charge in [-0.2, -0.15) is 5.26 Å². The van der Waals surface area contributed by atoms with Gasteiger partial charge in [0, 0.05) is 87.1 Å². The number of piperazine rings is 1. The van der Waals surface area contributed by atoms with Gasteiger partial charge in [-0.25, -0.2) is 9.37 Å². The first-order valence-electron chi connectivity index (χ1n) is 20.5. The fourth-order valence-electron chi connectivity index (χ4n) is 10.1. The van der Waals surface area contributed by atoms with Crippen molar-refractivity contribution in [1.82, 2.24) is 25.4 Å². The first-order valence-corrected chi connectivity index (χ1v) is 20.8. The number of ether oxygens (including phenoxy) is 1. The van der Waals surface area contributed by atoms with E-state index in [2.05, 4.69) is 25.4 Å². The van der Waals surface area contributed by atoms with E-state index in [1.165, 1.54) is 12.3 Å². The SMILES string of the molecule is CC1(C)C(NC(=O)c2cnc(N3CCC(CN4CCN(c5ccc6c(c5)C(=O)N(C5CCC(=O)NC5=O)C6=O)CC4)CC3)c(F)c2)C(C)(C)C1Oc1ccc(C#N)c(Cl)c1.